The van der Waals surface area contributed by atoms with Gasteiger partial charge in [-0.05, 0) is 31.0 Å². The highest BCUT2D eigenvalue weighted by atomic mass is 35.5. The monoisotopic (exact) mass is 271 g/mol. The van der Waals surface area contributed by atoms with Gasteiger partial charge in [0.05, 0.1) is 0 Å². The molecule has 1 aliphatic rings. The smallest absolute Gasteiger partial charge is 0.145 e. The first-order valence-electron chi connectivity index (χ1n) is 6.41. The predicted molar refractivity (Wildman–Crippen MR) is 71.6 cm³/mol. The summed E-state index contributed by atoms with van der Waals surface area (Å²) in [6.07, 6.45) is 1.16. The number of halogens is 2. The molecular weight excluding hydrogens is 253 g/mol. The lowest BCUT2D eigenvalue weighted by Gasteiger charge is -2.28. The van der Waals surface area contributed by atoms with Gasteiger partial charge >= 0.3 is 0 Å². The third-order valence-electron chi connectivity index (χ3n) is 3.40. The predicted octanol–water partition coefficient (Wildman–Crippen LogP) is 3.49. The molecule has 2 nitrogen and oxygen atoms in total. The molecule has 1 aromatic carbocycles. The van der Waals surface area contributed by atoms with E-state index in [4.69, 9.17) is 16.3 Å². The lowest BCUT2D eigenvalue weighted by Crippen LogP contribution is -2.33. The Morgan fingerprint density at radius 1 is 1.44 bits per heavy atom. The standard InChI is InChI=1S/C14H19ClFNO/c1-9(2)14(10-6-7-17-8-10)18-12-5-3-4-11(16)13(12)15/h3-5,9-10,14,17H,6-8H2,1-2H3/t10-,14-/m0/s1. The van der Waals surface area contributed by atoms with Crippen molar-refractivity contribution >= 4 is 11.6 Å². The highest BCUT2D eigenvalue weighted by molar-refractivity contribution is 6.32. The minimum Gasteiger partial charge on any atom is -0.488 e. The lowest BCUT2D eigenvalue weighted by atomic mass is 9.92. The molecule has 0 aliphatic carbocycles. The third-order valence-corrected chi connectivity index (χ3v) is 3.77. The van der Waals surface area contributed by atoms with Crippen LogP contribution in [0.4, 0.5) is 4.39 Å². The second-order valence-electron chi connectivity index (χ2n) is 5.13. The zero-order valence-electron chi connectivity index (χ0n) is 10.7. The van der Waals surface area contributed by atoms with Crippen LogP contribution < -0.4 is 10.1 Å². The van der Waals surface area contributed by atoms with Crippen LogP contribution in [0.25, 0.3) is 0 Å². The normalized spacial score (nSPS) is 21.3. The van der Waals surface area contributed by atoms with Gasteiger partial charge in [0.2, 0.25) is 0 Å². The maximum atomic E-state index is 13.4. The SMILES string of the molecule is CC(C)[C@H](Oc1cccc(F)c1Cl)[C@H]1CCNC1. The largest absolute Gasteiger partial charge is 0.488 e. The summed E-state index contributed by atoms with van der Waals surface area (Å²) >= 11 is 5.93. The Bertz CT molecular complexity index is 405. The Morgan fingerprint density at radius 2 is 2.22 bits per heavy atom. The van der Waals surface area contributed by atoms with Gasteiger partial charge in [0.25, 0.3) is 0 Å². The molecule has 0 unspecified atom stereocenters. The number of hydrogen-bond donors (Lipinski definition) is 1. The van der Waals surface area contributed by atoms with Crippen LogP contribution in [0.1, 0.15) is 20.3 Å². The van der Waals surface area contributed by atoms with E-state index in [1.807, 2.05) is 0 Å². The highest BCUT2D eigenvalue weighted by Gasteiger charge is 2.29. The molecule has 1 aromatic rings. The molecule has 2 atom stereocenters. The van der Waals surface area contributed by atoms with Gasteiger partial charge in [0, 0.05) is 12.5 Å². The van der Waals surface area contributed by atoms with Crippen molar-refractivity contribution in [3.8, 4) is 5.75 Å². The molecular formula is C14H19ClFNO. The fourth-order valence-electron chi connectivity index (χ4n) is 2.46. The van der Waals surface area contributed by atoms with Gasteiger partial charge in [-0.25, -0.2) is 4.39 Å². The van der Waals surface area contributed by atoms with E-state index in [1.54, 1.807) is 12.1 Å². The summed E-state index contributed by atoms with van der Waals surface area (Å²) in [6, 6.07) is 4.70. The fraction of sp³-hybridized carbons (Fsp3) is 0.571. The Hall–Kier alpha value is -0.800. The Morgan fingerprint density at radius 3 is 2.83 bits per heavy atom. The van der Waals surface area contributed by atoms with Crippen molar-refractivity contribution in [2.24, 2.45) is 11.8 Å². The summed E-state index contributed by atoms with van der Waals surface area (Å²) in [5.41, 5.74) is 0. The van der Waals surface area contributed by atoms with Gasteiger partial charge in [-0.1, -0.05) is 31.5 Å². The Labute approximate surface area is 112 Å². The second kappa shape index (κ2) is 5.89. The van der Waals surface area contributed by atoms with Crippen molar-refractivity contribution in [3.63, 3.8) is 0 Å². The first-order valence-corrected chi connectivity index (χ1v) is 6.78. The van der Waals surface area contributed by atoms with Crippen LogP contribution in [0.3, 0.4) is 0 Å². The van der Waals surface area contributed by atoms with E-state index in [1.165, 1.54) is 6.07 Å². The molecule has 1 aliphatic heterocycles. The van der Waals surface area contributed by atoms with E-state index >= 15 is 0 Å². The van der Waals surface area contributed by atoms with Crippen LogP contribution in [0.2, 0.25) is 5.02 Å². The number of rotatable bonds is 4. The molecule has 2 rings (SSSR count). The number of ether oxygens (including phenoxy) is 1. The van der Waals surface area contributed by atoms with Crippen LogP contribution in [0, 0.1) is 17.7 Å². The van der Waals surface area contributed by atoms with E-state index in [-0.39, 0.29) is 11.1 Å². The van der Waals surface area contributed by atoms with Crippen LogP contribution >= 0.6 is 11.6 Å². The lowest BCUT2D eigenvalue weighted by molar-refractivity contribution is 0.0971. The van der Waals surface area contributed by atoms with Crippen LogP contribution in [-0.2, 0) is 0 Å². The van der Waals surface area contributed by atoms with Gasteiger partial charge in [-0.2, -0.15) is 0 Å². The summed E-state index contributed by atoms with van der Waals surface area (Å²) in [4.78, 5) is 0. The van der Waals surface area contributed by atoms with Crippen molar-refractivity contribution in [2.75, 3.05) is 13.1 Å². The van der Waals surface area contributed by atoms with E-state index in [2.05, 4.69) is 19.2 Å². The van der Waals surface area contributed by atoms with Gasteiger partial charge < -0.3 is 10.1 Å². The summed E-state index contributed by atoms with van der Waals surface area (Å²) < 4.78 is 19.3. The highest BCUT2D eigenvalue weighted by Crippen LogP contribution is 2.31. The molecule has 1 saturated heterocycles. The number of benzene rings is 1. The fourth-order valence-corrected chi connectivity index (χ4v) is 2.63. The molecule has 0 spiro atoms. The minimum absolute atomic E-state index is 0.0688. The van der Waals surface area contributed by atoms with Crippen molar-refractivity contribution in [1.82, 2.24) is 5.32 Å². The molecule has 0 amide bonds. The summed E-state index contributed by atoms with van der Waals surface area (Å²) in [7, 11) is 0. The van der Waals surface area contributed by atoms with Crippen molar-refractivity contribution in [2.45, 2.75) is 26.4 Å². The first-order chi connectivity index (χ1) is 8.59. The van der Waals surface area contributed by atoms with Gasteiger partial charge in [0.1, 0.15) is 22.7 Å². The number of nitrogens with one attached hydrogen (secondary N) is 1. The average Bonchev–Trinajstić information content (AvgIpc) is 2.84. The Balaban J connectivity index is 2.15. The molecule has 0 aromatic heterocycles. The van der Waals surface area contributed by atoms with E-state index < -0.39 is 5.82 Å². The maximum absolute atomic E-state index is 13.4. The van der Waals surface area contributed by atoms with Crippen LogP contribution in [0.15, 0.2) is 18.2 Å². The molecule has 0 bridgehead atoms. The van der Waals surface area contributed by atoms with Gasteiger partial charge in [-0.15, -0.1) is 0 Å². The first kappa shape index (κ1) is 13.6. The van der Waals surface area contributed by atoms with Gasteiger partial charge in [0.15, 0.2) is 0 Å². The molecule has 18 heavy (non-hydrogen) atoms. The zero-order chi connectivity index (χ0) is 13.1. The van der Waals surface area contributed by atoms with Crippen molar-refractivity contribution in [3.05, 3.63) is 29.0 Å². The van der Waals surface area contributed by atoms with Gasteiger partial charge in [-0.3, -0.25) is 0 Å². The number of hydrogen-bond acceptors (Lipinski definition) is 2. The molecule has 4 heteroatoms. The average molecular weight is 272 g/mol. The third kappa shape index (κ3) is 2.96. The Kier molecular flexibility index (Phi) is 4.46. The van der Waals surface area contributed by atoms with E-state index in [0.717, 1.165) is 19.5 Å². The molecule has 1 heterocycles. The summed E-state index contributed by atoms with van der Waals surface area (Å²) in [6.45, 7) is 6.22. The summed E-state index contributed by atoms with van der Waals surface area (Å²) in [5, 5.41) is 3.41. The van der Waals surface area contributed by atoms with E-state index in [0.29, 0.717) is 17.6 Å². The second-order valence-corrected chi connectivity index (χ2v) is 5.51. The molecule has 1 N–H and O–H groups in total. The molecule has 0 radical (unpaired) electrons. The van der Waals surface area contributed by atoms with Crippen molar-refractivity contribution < 1.29 is 9.13 Å². The molecule has 100 valence electrons. The van der Waals surface area contributed by atoms with E-state index in [9.17, 15) is 4.39 Å². The van der Waals surface area contributed by atoms with Crippen LogP contribution in [0.5, 0.6) is 5.75 Å². The quantitative estimate of drug-likeness (QED) is 0.905. The topological polar surface area (TPSA) is 21.3 Å². The maximum Gasteiger partial charge on any atom is 0.145 e. The zero-order valence-corrected chi connectivity index (χ0v) is 11.5. The van der Waals surface area contributed by atoms with Crippen molar-refractivity contribution in [1.29, 1.82) is 0 Å². The summed E-state index contributed by atoms with van der Waals surface area (Å²) in [5.74, 6) is 0.849. The minimum atomic E-state index is -0.429. The van der Waals surface area contributed by atoms with Crippen LogP contribution in [-0.4, -0.2) is 19.2 Å². The molecule has 0 saturated carbocycles. The molecule has 1 fully saturated rings.